The molecule has 2 aromatic rings. The molecule has 1 aromatic carbocycles. The van der Waals surface area contributed by atoms with Crippen molar-refractivity contribution in [3.8, 4) is 0 Å². The van der Waals surface area contributed by atoms with Gasteiger partial charge in [0.1, 0.15) is 0 Å². The molecule has 0 bridgehead atoms. The number of piperidine rings is 1. The highest BCUT2D eigenvalue weighted by molar-refractivity contribution is 7.92. The van der Waals surface area contributed by atoms with Crippen molar-refractivity contribution < 1.29 is 22.0 Å². The molecule has 138 valence electrons. The second-order valence-electron chi connectivity index (χ2n) is 5.72. The number of carbonyl (C=O) groups excluding carboxylic acids is 1. The van der Waals surface area contributed by atoms with Crippen LogP contribution in [0.15, 0.2) is 12.1 Å². The first-order valence-corrected chi connectivity index (χ1v) is 9.91. The van der Waals surface area contributed by atoms with E-state index in [9.17, 15) is 22.0 Å². The van der Waals surface area contributed by atoms with Crippen LogP contribution in [0, 0.1) is 11.6 Å². The molecule has 0 unspecified atom stereocenters. The zero-order valence-electron chi connectivity index (χ0n) is 13.1. The number of nitrogens with one attached hydrogen (secondary N) is 2. The van der Waals surface area contributed by atoms with Gasteiger partial charge in [0.15, 0.2) is 31.4 Å². The summed E-state index contributed by atoms with van der Waals surface area (Å²) in [4.78, 5) is 16.7. The average Bonchev–Trinajstić information content (AvgIpc) is 2.88. The number of thiazole rings is 1. The lowest BCUT2D eigenvalue weighted by Gasteiger charge is -2.33. The molecule has 0 atom stereocenters. The fourth-order valence-corrected chi connectivity index (χ4v) is 4.99. The Kier molecular flexibility index (Phi) is 5.67. The minimum Gasteiger partial charge on any atom is -0.317 e. The van der Waals surface area contributed by atoms with Crippen molar-refractivity contribution in [3.63, 3.8) is 0 Å². The number of sulfone groups is 1. The van der Waals surface area contributed by atoms with E-state index in [1.54, 1.807) is 0 Å². The highest BCUT2D eigenvalue weighted by Crippen LogP contribution is 2.32. The number of hydrogen-bond acceptors (Lipinski definition) is 6. The summed E-state index contributed by atoms with van der Waals surface area (Å²) >= 11 is 0.962. The standard InChI is InChI=1S/C14H15F2N3O3S2.ClH/c1-24(21,22)14(2-4-17-5-3-14)12(20)19-13-18-10-6-8(15)9(16)7-11(10)23-13;/h6-7,17H,2-5H2,1H3,(H,18,19,20);1H. The molecule has 2 heterocycles. The van der Waals surface area contributed by atoms with E-state index in [0.717, 1.165) is 29.7 Å². The number of benzene rings is 1. The van der Waals surface area contributed by atoms with E-state index in [1.165, 1.54) is 0 Å². The zero-order chi connectivity index (χ0) is 17.5. The molecule has 1 aromatic heterocycles. The van der Waals surface area contributed by atoms with Crippen LogP contribution in [0.3, 0.4) is 0 Å². The fraction of sp³-hybridized carbons (Fsp3) is 0.429. The number of nitrogens with zero attached hydrogens (tertiary/aromatic N) is 1. The molecular weight excluding hydrogens is 396 g/mol. The summed E-state index contributed by atoms with van der Waals surface area (Å²) in [5, 5.41) is 5.64. The molecule has 2 N–H and O–H groups in total. The van der Waals surface area contributed by atoms with Crippen molar-refractivity contribution in [2.24, 2.45) is 0 Å². The Morgan fingerprint density at radius 2 is 1.88 bits per heavy atom. The van der Waals surface area contributed by atoms with Crippen LogP contribution >= 0.6 is 23.7 Å². The van der Waals surface area contributed by atoms with Crippen molar-refractivity contribution in [3.05, 3.63) is 23.8 Å². The highest BCUT2D eigenvalue weighted by Gasteiger charge is 2.48. The van der Waals surface area contributed by atoms with Crippen molar-refractivity contribution in [1.29, 1.82) is 0 Å². The van der Waals surface area contributed by atoms with Crippen molar-refractivity contribution in [2.45, 2.75) is 17.6 Å². The lowest BCUT2D eigenvalue weighted by molar-refractivity contribution is -0.119. The second-order valence-corrected chi connectivity index (χ2v) is 9.08. The summed E-state index contributed by atoms with van der Waals surface area (Å²) in [5.74, 6) is -2.70. The summed E-state index contributed by atoms with van der Waals surface area (Å²) in [6.45, 7) is 0.827. The van der Waals surface area contributed by atoms with Gasteiger partial charge < -0.3 is 10.6 Å². The predicted molar refractivity (Wildman–Crippen MR) is 95.1 cm³/mol. The lowest BCUT2D eigenvalue weighted by Crippen LogP contribution is -2.55. The van der Waals surface area contributed by atoms with E-state index in [4.69, 9.17) is 0 Å². The number of rotatable bonds is 3. The van der Waals surface area contributed by atoms with Gasteiger partial charge in [-0.1, -0.05) is 11.3 Å². The van der Waals surface area contributed by atoms with E-state index in [-0.39, 0.29) is 35.9 Å². The molecule has 0 aliphatic carbocycles. The van der Waals surface area contributed by atoms with E-state index in [0.29, 0.717) is 17.8 Å². The number of amides is 1. The van der Waals surface area contributed by atoms with Gasteiger partial charge in [0.25, 0.3) is 0 Å². The molecule has 6 nitrogen and oxygen atoms in total. The highest BCUT2D eigenvalue weighted by atomic mass is 35.5. The molecule has 1 saturated heterocycles. The Morgan fingerprint density at radius 3 is 2.48 bits per heavy atom. The summed E-state index contributed by atoms with van der Waals surface area (Å²) < 4.78 is 49.7. The van der Waals surface area contributed by atoms with Crippen LogP contribution in [0.25, 0.3) is 10.2 Å². The van der Waals surface area contributed by atoms with E-state index >= 15 is 0 Å². The molecule has 25 heavy (non-hydrogen) atoms. The Bertz CT molecular complexity index is 872. The van der Waals surface area contributed by atoms with E-state index in [2.05, 4.69) is 15.6 Å². The van der Waals surface area contributed by atoms with Crippen LogP contribution in [-0.4, -0.2) is 43.4 Å². The maximum atomic E-state index is 13.3. The smallest absolute Gasteiger partial charge is 0.247 e. The third-order valence-corrected chi connectivity index (χ3v) is 7.13. The van der Waals surface area contributed by atoms with Gasteiger partial charge in [-0.25, -0.2) is 22.2 Å². The van der Waals surface area contributed by atoms with Crippen LogP contribution < -0.4 is 10.6 Å². The number of hydrogen-bond donors (Lipinski definition) is 2. The van der Waals surface area contributed by atoms with Crippen LogP contribution in [0.5, 0.6) is 0 Å². The molecule has 0 radical (unpaired) electrons. The van der Waals surface area contributed by atoms with E-state index < -0.39 is 32.1 Å². The monoisotopic (exact) mass is 411 g/mol. The van der Waals surface area contributed by atoms with Gasteiger partial charge >= 0.3 is 0 Å². The SMILES string of the molecule is CS(=O)(=O)C1(C(=O)Nc2nc3cc(F)c(F)cc3s2)CCNCC1.Cl. The van der Waals surface area contributed by atoms with Gasteiger partial charge in [-0.05, 0) is 32.0 Å². The maximum Gasteiger partial charge on any atom is 0.247 e. The fourth-order valence-electron chi connectivity index (χ4n) is 2.78. The third-order valence-electron chi connectivity index (χ3n) is 4.19. The van der Waals surface area contributed by atoms with Crippen molar-refractivity contribution in [2.75, 3.05) is 24.7 Å². The van der Waals surface area contributed by atoms with Gasteiger partial charge in [0, 0.05) is 12.3 Å². The number of fused-ring (bicyclic) bond motifs is 1. The topological polar surface area (TPSA) is 88.2 Å². The predicted octanol–water partition coefficient (Wildman–Crippen LogP) is 2.10. The van der Waals surface area contributed by atoms with Gasteiger partial charge in [0.05, 0.1) is 10.2 Å². The van der Waals surface area contributed by atoms with Gasteiger partial charge in [-0.3, -0.25) is 4.79 Å². The van der Waals surface area contributed by atoms with Crippen LogP contribution in [0.2, 0.25) is 0 Å². The first-order valence-electron chi connectivity index (χ1n) is 7.20. The van der Waals surface area contributed by atoms with Gasteiger partial charge in [0.2, 0.25) is 5.91 Å². The first-order chi connectivity index (χ1) is 11.2. The molecule has 3 rings (SSSR count). The summed E-state index contributed by atoms with van der Waals surface area (Å²) in [5.41, 5.74) is 0.202. The molecule has 0 spiro atoms. The summed E-state index contributed by atoms with van der Waals surface area (Å²) in [7, 11) is -3.65. The third kappa shape index (κ3) is 3.62. The average molecular weight is 412 g/mol. The lowest BCUT2D eigenvalue weighted by atomic mass is 9.96. The second kappa shape index (κ2) is 7.10. The molecule has 1 fully saturated rings. The maximum absolute atomic E-state index is 13.3. The van der Waals surface area contributed by atoms with E-state index in [1.807, 2.05) is 0 Å². The Morgan fingerprint density at radius 1 is 1.28 bits per heavy atom. The Labute approximate surface area is 153 Å². The zero-order valence-corrected chi connectivity index (χ0v) is 15.6. The molecule has 11 heteroatoms. The summed E-state index contributed by atoms with van der Waals surface area (Å²) in [6.07, 6.45) is 1.36. The molecule has 0 saturated carbocycles. The number of carbonyl (C=O) groups is 1. The Balaban J connectivity index is 0.00000225. The molecule has 1 amide bonds. The Hall–Kier alpha value is -1.36. The quantitative estimate of drug-likeness (QED) is 0.807. The van der Waals surface area contributed by atoms with Crippen LogP contribution in [0.1, 0.15) is 12.8 Å². The normalized spacial score (nSPS) is 17.1. The van der Waals surface area contributed by atoms with Crippen molar-refractivity contribution >= 4 is 54.8 Å². The minimum absolute atomic E-state index is 0. The van der Waals surface area contributed by atoms with Crippen LogP contribution in [0.4, 0.5) is 13.9 Å². The number of halogens is 3. The first kappa shape index (κ1) is 20.0. The molecular formula is C14H16ClF2N3O3S2. The van der Waals surface area contributed by atoms with Gasteiger partial charge in [-0.2, -0.15) is 0 Å². The minimum atomic E-state index is -3.65. The summed E-state index contributed by atoms with van der Waals surface area (Å²) in [6, 6.07) is 1.93. The number of anilines is 1. The molecule has 1 aliphatic rings. The number of aromatic nitrogens is 1. The molecule has 1 aliphatic heterocycles. The van der Waals surface area contributed by atoms with Crippen LogP contribution in [-0.2, 0) is 14.6 Å². The largest absolute Gasteiger partial charge is 0.317 e. The van der Waals surface area contributed by atoms with Crippen molar-refractivity contribution in [1.82, 2.24) is 10.3 Å². The van der Waals surface area contributed by atoms with Gasteiger partial charge in [-0.15, -0.1) is 12.4 Å².